The van der Waals surface area contributed by atoms with Crippen molar-refractivity contribution in [3.05, 3.63) is 77.9 Å². The largest absolute Gasteiger partial charge is 0.369 e. The van der Waals surface area contributed by atoms with Crippen molar-refractivity contribution in [1.29, 1.82) is 0 Å². The number of anilines is 1. The van der Waals surface area contributed by atoms with E-state index in [1.54, 1.807) is 29.1 Å². The average molecular weight is 422 g/mol. The number of carbonyl (C=O) groups is 1. The maximum Gasteiger partial charge on any atom is 0.271 e. The van der Waals surface area contributed by atoms with E-state index in [4.69, 9.17) is 0 Å². The van der Waals surface area contributed by atoms with Crippen molar-refractivity contribution in [2.75, 3.05) is 44.2 Å². The topological polar surface area (TPSA) is 53.4 Å². The summed E-state index contributed by atoms with van der Waals surface area (Å²) in [5.74, 6) is -0.490. The monoisotopic (exact) mass is 421 g/mol. The summed E-state index contributed by atoms with van der Waals surface area (Å²) in [5.41, 5.74) is 3.66. The van der Waals surface area contributed by atoms with Crippen molar-refractivity contribution in [2.24, 2.45) is 0 Å². The second kappa shape index (κ2) is 9.75. The third kappa shape index (κ3) is 5.49. The predicted octanol–water partition coefficient (Wildman–Crippen LogP) is 3.26. The highest BCUT2D eigenvalue weighted by Crippen LogP contribution is 2.17. The van der Waals surface area contributed by atoms with E-state index in [0.29, 0.717) is 17.9 Å². The van der Waals surface area contributed by atoms with Gasteiger partial charge in [0.1, 0.15) is 5.82 Å². The molecule has 1 N–H and O–H groups in total. The van der Waals surface area contributed by atoms with Gasteiger partial charge in [0.05, 0.1) is 5.69 Å². The highest BCUT2D eigenvalue weighted by Gasteiger charge is 2.17. The van der Waals surface area contributed by atoms with Crippen LogP contribution in [0.2, 0.25) is 0 Å². The van der Waals surface area contributed by atoms with Crippen molar-refractivity contribution in [3.8, 4) is 5.69 Å². The number of aryl methyl sites for hydroxylation is 1. The Bertz CT molecular complexity index is 1010. The fraction of sp³-hybridized carbons (Fsp3) is 0.333. The maximum absolute atomic E-state index is 13.1. The summed E-state index contributed by atoms with van der Waals surface area (Å²) in [4.78, 5) is 17.2. The molecule has 3 aromatic rings. The molecule has 0 bridgehead atoms. The lowest BCUT2D eigenvalue weighted by atomic mass is 10.2. The van der Waals surface area contributed by atoms with Gasteiger partial charge in [-0.25, -0.2) is 9.07 Å². The number of piperazine rings is 1. The van der Waals surface area contributed by atoms with E-state index in [1.165, 1.54) is 23.4 Å². The van der Waals surface area contributed by atoms with E-state index in [9.17, 15) is 9.18 Å². The van der Waals surface area contributed by atoms with Gasteiger partial charge in [-0.15, -0.1) is 0 Å². The van der Waals surface area contributed by atoms with Crippen molar-refractivity contribution >= 4 is 11.6 Å². The molecule has 0 atom stereocenters. The average Bonchev–Trinajstić information content (AvgIpc) is 3.28. The van der Waals surface area contributed by atoms with Crippen LogP contribution in [0.15, 0.2) is 60.8 Å². The van der Waals surface area contributed by atoms with Gasteiger partial charge in [-0.2, -0.15) is 5.10 Å². The number of halogens is 1. The summed E-state index contributed by atoms with van der Waals surface area (Å²) >= 11 is 0. The Labute approximate surface area is 182 Å². The number of amides is 1. The van der Waals surface area contributed by atoms with Gasteiger partial charge in [0.15, 0.2) is 5.69 Å². The van der Waals surface area contributed by atoms with Gasteiger partial charge in [-0.1, -0.05) is 12.1 Å². The third-order valence-electron chi connectivity index (χ3n) is 5.59. The SMILES string of the molecule is Cc1cccc(N2CCN(CCCNC(=O)c3ccn(-c4ccc(F)cc4)n3)CC2)c1. The first-order chi connectivity index (χ1) is 15.1. The number of hydrogen-bond donors (Lipinski definition) is 1. The van der Waals surface area contributed by atoms with Crippen LogP contribution in [-0.2, 0) is 0 Å². The van der Waals surface area contributed by atoms with Crippen LogP contribution < -0.4 is 10.2 Å². The first-order valence-corrected chi connectivity index (χ1v) is 10.7. The zero-order chi connectivity index (χ0) is 21.6. The maximum atomic E-state index is 13.1. The van der Waals surface area contributed by atoms with Crippen LogP contribution in [0.4, 0.5) is 10.1 Å². The molecule has 162 valence electrons. The van der Waals surface area contributed by atoms with Gasteiger partial charge in [-0.3, -0.25) is 9.69 Å². The molecule has 1 fully saturated rings. The zero-order valence-corrected chi connectivity index (χ0v) is 17.8. The Morgan fingerprint density at radius 2 is 1.81 bits per heavy atom. The molecule has 0 unspecified atom stereocenters. The fourth-order valence-corrected chi connectivity index (χ4v) is 3.83. The molecule has 2 heterocycles. The summed E-state index contributed by atoms with van der Waals surface area (Å²) in [5, 5.41) is 7.23. The Morgan fingerprint density at radius 1 is 1.03 bits per heavy atom. The molecule has 1 amide bonds. The Morgan fingerprint density at radius 3 is 2.55 bits per heavy atom. The number of nitrogens with one attached hydrogen (secondary N) is 1. The van der Waals surface area contributed by atoms with Crippen LogP contribution in [0.5, 0.6) is 0 Å². The second-order valence-corrected chi connectivity index (χ2v) is 7.90. The van der Waals surface area contributed by atoms with Crippen molar-refractivity contribution in [3.63, 3.8) is 0 Å². The predicted molar refractivity (Wildman–Crippen MR) is 120 cm³/mol. The van der Waals surface area contributed by atoms with Gasteiger partial charge in [0, 0.05) is 44.6 Å². The van der Waals surface area contributed by atoms with Crippen molar-refractivity contribution < 1.29 is 9.18 Å². The molecular weight excluding hydrogens is 393 g/mol. The van der Waals surface area contributed by atoms with E-state index in [1.807, 2.05) is 0 Å². The van der Waals surface area contributed by atoms with E-state index in [0.717, 1.165) is 39.1 Å². The molecule has 6 nitrogen and oxygen atoms in total. The normalized spacial score (nSPS) is 14.6. The van der Waals surface area contributed by atoms with E-state index in [2.05, 4.69) is 51.4 Å². The molecule has 31 heavy (non-hydrogen) atoms. The first-order valence-electron chi connectivity index (χ1n) is 10.7. The molecule has 0 aliphatic carbocycles. The van der Waals surface area contributed by atoms with Crippen LogP contribution in [0, 0.1) is 12.7 Å². The van der Waals surface area contributed by atoms with Crippen LogP contribution in [-0.4, -0.2) is 59.9 Å². The molecule has 4 rings (SSSR count). The lowest BCUT2D eigenvalue weighted by Gasteiger charge is -2.36. The highest BCUT2D eigenvalue weighted by atomic mass is 19.1. The smallest absolute Gasteiger partial charge is 0.271 e. The minimum absolute atomic E-state index is 0.190. The van der Waals surface area contributed by atoms with Crippen LogP contribution in [0.3, 0.4) is 0 Å². The molecule has 2 aromatic carbocycles. The highest BCUT2D eigenvalue weighted by molar-refractivity contribution is 5.92. The van der Waals surface area contributed by atoms with Gasteiger partial charge >= 0.3 is 0 Å². The minimum Gasteiger partial charge on any atom is -0.369 e. The number of nitrogens with zero attached hydrogens (tertiary/aromatic N) is 4. The number of benzene rings is 2. The molecule has 0 radical (unpaired) electrons. The van der Waals surface area contributed by atoms with E-state index >= 15 is 0 Å². The Kier molecular flexibility index (Phi) is 6.62. The number of hydrogen-bond acceptors (Lipinski definition) is 4. The lowest BCUT2D eigenvalue weighted by molar-refractivity contribution is 0.0946. The van der Waals surface area contributed by atoms with Crippen molar-refractivity contribution in [2.45, 2.75) is 13.3 Å². The molecule has 0 saturated carbocycles. The molecule has 7 heteroatoms. The van der Waals surface area contributed by atoms with Gasteiger partial charge < -0.3 is 10.2 Å². The van der Waals surface area contributed by atoms with Crippen molar-refractivity contribution in [1.82, 2.24) is 20.0 Å². The standard InChI is InChI=1S/C24H28FN5O/c1-19-4-2-5-22(18-19)29-16-14-28(15-17-29)12-3-11-26-24(31)23-10-13-30(27-23)21-8-6-20(25)7-9-21/h2,4-10,13,18H,3,11-12,14-17H2,1H3,(H,26,31). The molecular formula is C24H28FN5O. The van der Waals surface area contributed by atoms with E-state index in [-0.39, 0.29) is 11.7 Å². The lowest BCUT2D eigenvalue weighted by Crippen LogP contribution is -2.47. The summed E-state index contributed by atoms with van der Waals surface area (Å²) < 4.78 is 14.6. The zero-order valence-electron chi connectivity index (χ0n) is 17.8. The number of rotatable bonds is 7. The van der Waals surface area contributed by atoms with Gasteiger partial charge in [-0.05, 0) is 67.9 Å². The number of aromatic nitrogens is 2. The minimum atomic E-state index is -0.301. The molecule has 1 aliphatic rings. The first kappa shape index (κ1) is 21.1. The van der Waals surface area contributed by atoms with E-state index < -0.39 is 0 Å². The summed E-state index contributed by atoms with van der Waals surface area (Å²) in [7, 11) is 0. The second-order valence-electron chi connectivity index (χ2n) is 7.90. The Hall–Kier alpha value is -3.19. The van der Waals surface area contributed by atoms with Crippen LogP contribution in [0.25, 0.3) is 5.69 Å². The quantitative estimate of drug-likeness (QED) is 0.595. The number of carbonyl (C=O) groups excluding carboxylic acids is 1. The third-order valence-corrected chi connectivity index (χ3v) is 5.59. The fourth-order valence-electron chi connectivity index (χ4n) is 3.83. The summed E-state index contributed by atoms with van der Waals surface area (Å²) in [6.45, 7) is 7.81. The molecule has 1 aromatic heterocycles. The molecule has 1 aliphatic heterocycles. The summed E-state index contributed by atoms with van der Waals surface area (Å²) in [6, 6.07) is 16.3. The molecule has 0 spiro atoms. The molecule has 1 saturated heterocycles. The summed E-state index contributed by atoms with van der Waals surface area (Å²) in [6.07, 6.45) is 2.60. The van der Waals surface area contributed by atoms with Gasteiger partial charge in [0.2, 0.25) is 0 Å². The van der Waals surface area contributed by atoms with Gasteiger partial charge in [0.25, 0.3) is 5.91 Å². The Balaban J connectivity index is 1.18. The van der Waals surface area contributed by atoms with Crippen LogP contribution >= 0.6 is 0 Å². The van der Waals surface area contributed by atoms with Crippen LogP contribution in [0.1, 0.15) is 22.5 Å².